The van der Waals surface area contributed by atoms with E-state index in [4.69, 9.17) is 9.84 Å². The number of hydrogen-bond acceptors (Lipinski definition) is 3. The molecule has 4 heteroatoms. The van der Waals surface area contributed by atoms with Crippen LogP contribution in [0, 0.1) is 0 Å². The Hall–Kier alpha value is -0.610. The maximum absolute atomic E-state index is 11.9. The molecule has 0 bridgehead atoms. The molecule has 0 radical (unpaired) electrons. The quantitative estimate of drug-likeness (QED) is 0.777. The van der Waals surface area contributed by atoms with Gasteiger partial charge < -0.3 is 14.7 Å². The molecular formula is C12H21NO3. The summed E-state index contributed by atoms with van der Waals surface area (Å²) in [4.78, 5) is 13.8. The van der Waals surface area contributed by atoms with Crippen LogP contribution < -0.4 is 0 Å². The van der Waals surface area contributed by atoms with Crippen molar-refractivity contribution < 1.29 is 14.6 Å². The lowest BCUT2D eigenvalue weighted by atomic mass is 10.1. The molecule has 1 N–H and O–H groups in total. The van der Waals surface area contributed by atoms with Crippen molar-refractivity contribution in [2.45, 2.75) is 50.7 Å². The maximum Gasteiger partial charge on any atom is 0.222 e. The van der Waals surface area contributed by atoms with Crippen molar-refractivity contribution in [3.8, 4) is 0 Å². The summed E-state index contributed by atoms with van der Waals surface area (Å²) in [5.74, 6) is 0.187. The number of ether oxygens (including phenoxy) is 1. The first-order valence-electron chi connectivity index (χ1n) is 6.33. The van der Waals surface area contributed by atoms with Crippen molar-refractivity contribution in [2.24, 2.45) is 0 Å². The molecule has 2 atom stereocenters. The van der Waals surface area contributed by atoms with Crippen LogP contribution in [0.4, 0.5) is 0 Å². The van der Waals surface area contributed by atoms with Crippen LogP contribution in [0.5, 0.6) is 0 Å². The fourth-order valence-corrected chi connectivity index (χ4v) is 2.65. The highest BCUT2D eigenvalue weighted by molar-refractivity contribution is 5.76. The predicted octanol–water partition coefficient (Wildman–Crippen LogP) is 0.929. The Balaban J connectivity index is 1.74. The highest BCUT2D eigenvalue weighted by atomic mass is 16.5. The van der Waals surface area contributed by atoms with E-state index in [9.17, 15) is 4.79 Å². The second kappa shape index (κ2) is 5.64. The number of carbonyl (C=O) groups is 1. The van der Waals surface area contributed by atoms with Gasteiger partial charge in [0.1, 0.15) is 0 Å². The summed E-state index contributed by atoms with van der Waals surface area (Å²) in [6.45, 7) is 1.77. The summed E-state index contributed by atoms with van der Waals surface area (Å²) >= 11 is 0. The van der Waals surface area contributed by atoms with Crippen LogP contribution in [0.2, 0.25) is 0 Å². The van der Waals surface area contributed by atoms with Crippen molar-refractivity contribution in [3.05, 3.63) is 0 Å². The molecule has 0 spiro atoms. The van der Waals surface area contributed by atoms with Gasteiger partial charge >= 0.3 is 0 Å². The minimum atomic E-state index is 0.0667. The average Bonchev–Trinajstić information content (AvgIpc) is 2.96. The Kier molecular flexibility index (Phi) is 4.18. The largest absolute Gasteiger partial charge is 0.394 e. The number of nitrogens with zero attached hydrogens (tertiary/aromatic N) is 1. The molecule has 2 aliphatic heterocycles. The van der Waals surface area contributed by atoms with Gasteiger partial charge in [-0.1, -0.05) is 0 Å². The van der Waals surface area contributed by atoms with Gasteiger partial charge in [0.15, 0.2) is 0 Å². The van der Waals surface area contributed by atoms with E-state index in [-0.39, 0.29) is 18.6 Å². The second-order valence-corrected chi connectivity index (χ2v) is 4.74. The second-order valence-electron chi connectivity index (χ2n) is 4.74. The number of carbonyl (C=O) groups excluding carboxylic acids is 1. The number of amides is 1. The van der Waals surface area contributed by atoms with Crippen LogP contribution in [0.1, 0.15) is 38.5 Å². The van der Waals surface area contributed by atoms with E-state index in [2.05, 4.69) is 0 Å². The third-order valence-electron chi connectivity index (χ3n) is 3.61. The van der Waals surface area contributed by atoms with Crippen LogP contribution in [0.25, 0.3) is 0 Å². The van der Waals surface area contributed by atoms with Crippen molar-refractivity contribution in [3.63, 3.8) is 0 Å². The van der Waals surface area contributed by atoms with E-state index in [0.29, 0.717) is 12.5 Å². The predicted molar refractivity (Wildman–Crippen MR) is 60.0 cm³/mol. The highest BCUT2D eigenvalue weighted by Crippen LogP contribution is 2.21. The molecule has 4 nitrogen and oxygen atoms in total. The third kappa shape index (κ3) is 2.74. The lowest BCUT2D eigenvalue weighted by molar-refractivity contribution is -0.133. The standard InChI is InChI=1S/C12H21NO3/c14-9-10-3-1-7-13(10)12(15)6-5-11-4-2-8-16-11/h10-11,14H,1-9H2. The molecule has 1 amide bonds. The molecule has 2 saturated heterocycles. The van der Waals surface area contributed by atoms with Gasteiger partial charge in [-0.15, -0.1) is 0 Å². The maximum atomic E-state index is 11.9. The molecule has 2 fully saturated rings. The average molecular weight is 227 g/mol. The molecule has 0 aromatic heterocycles. The molecule has 0 aromatic carbocycles. The first-order valence-corrected chi connectivity index (χ1v) is 6.33. The topological polar surface area (TPSA) is 49.8 Å². The van der Waals surface area contributed by atoms with Crippen LogP contribution >= 0.6 is 0 Å². The molecule has 0 aliphatic carbocycles. The summed E-state index contributed by atoms with van der Waals surface area (Å²) in [5.41, 5.74) is 0. The zero-order valence-corrected chi connectivity index (χ0v) is 9.73. The molecular weight excluding hydrogens is 206 g/mol. The number of hydrogen-bond donors (Lipinski definition) is 1. The van der Waals surface area contributed by atoms with Gasteiger partial charge in [-0.25, -0.2) is 0 Å². The van der Waals surface area contributed by atoms with E-state index in [1.54, 1.807) is 0 Å². The molecule has 92 valence electrons. The summed E-state index contributed by atoms with van der Waals surface area (Å²) in [7, 11) is 0. The Morgan fingerprint density at radius 2 is 2.25 bits per heavy atom. The van der Waals surface area contributed by atoms with E-state index >= 15 is 0 Å². The molecule has 0 aromatic rings. The van der Waals surface area contributed by atoms with Gasteiger partial charge in [0.05, 0.1) is 18.8 Å². The number of likely N-dealkylation sites (tertiary alicyclic amines) is 1. The Bertz CT molecular complexity index is 238. The summed E-state index contributed by atoms with van der Waals surface area (Å²) in [5, 5.41) is 9.15. The first-order chi connectivity index (χ1) is 7.81. The van der Waals surface area contributed by atoms with Crippen molar-refractivity contribution >= 4 is 5.91 Å². The molecule has 2 heterocycles. The smallest absolute Gasteiger partial charge is 0.222 e. The third-order valence-corrected chi connectivity index (χ3v) is 3.61. The van der Waals surface area contributed by atoms with E-state index in [0.717, 1.165) is 45.3 Å². The molecule has 2 rings (SSSR count). The number of rotatable bonds is 4. The number of aliphatic hydroxyl groups is 1. The van der Waals surface area contributed by atoms with E-state index in [1.165, 1.54) is 0 Å². The fraction of sp³-hybridized carbons (Fsp3) is 0.917. The van der Waals surface area contributed by atoms with Gasteiger partial charge in [0, 0.05) is 19.6 Å². The molecule has 16 heavy (non-hydrogen) atoms. The lowest BCUT2D eigenvalue weighted by Gasteiger charge is -2.23. The van der Waals surface area contributed by atoms with Gasteiger partial charge in [-0.2, -0.15) is 0 Å². The van der Waals surface area contributed by atoms with E-state index < -0.39 is 0 Å². The van der Waals surface area contributed by atoms with Gasteiger partial charge in [0.2, 0.25) is 5.91 Å². The monoisotopic (exact) mass is 227 g/mol. The van der Waals surface area contributed by atoms with Gasteiger partial charge in [0.25, 0.3) is 0 Å². The molecule has 2 aliphatic rings. The minimum Gasteiger partial charge on any atom is -0.394 e. The summed E-state index contributed by atoms with van der Waals surface area (Å²) in [6.07, 6.45) is 5.89. The normalized spacial score (nSPS) is 29.9. The first kappa shape index (κ1) is 11.9. The minimum absolute atomic E-state index is 0.0667. The van der Waals surface area contributed by atoms with E-state index in [1.807, 2.05) is 4.90 Å². The summed E-state index contributed by atoms with van der Waals surface area (Å²) in [6, 6.07) is 0.0667. The zero-order valence-electron chi connectivity index (χ0n) is 9.73. The van der Waals surface area contributed by atoms with Crippen molar-refractivity contribution in [1.82, 2.24) is 4.90 Å². The van der Waals surface area contributed by atoms with Gasteiger partial charge in [-0.3, -0.25) is 4.79 Å². The van der Waals surface area contributed by atoms with Crippen LogP contribution in [-0.2, 0) is 9.53 Å². The Morgan fingerprint density at radius 1 is 1.38 bits per heavy atom. The summed E-state index contributed by atoms with van der Waals surface area (Å²) < 4.78 is 5.50. The molecule has 0 saturated carbocycles. The molecule has 2 unspecified atom stereocenters. The van der Waals surface area contributed by atoms with Crippen LogP contribution in [-0.4, -0.2) is 47.8 Å². The van der Waals surface area contributed by atoms with Crippen LogP contribution in [0.15, 0.2) is 0 Å². The fourth-order valence-electron chi connectivity index (χ4n) is 2.65. The zero-order chi connectivity index (χ0) is 11.4. The Labute approximate surface area is 96.6 Å². The Morgan fingerprint density at radius 3 is 2.94 bits per heavy atom. The SMILES string of the molecule is O=C(CCC1CCCO1)N1CCCC1CO. The van der Waals surface area contributed by atoms with Gasteiger partial charge in [-0.05, 0) is 32.1 Å². The number of aliphatic hydroxyl groups excluding tert-OH is 1. The van der Waals surface area contributed by atoms with Crippen LogP contribution in [0.3, 0.4) is 0 Å². The van der Waals surface area contributed by atoms with Crippen molar-refractivity contribution in [1.29, 1.82) is 0 Å². The highest BCUT2D eigenvalue weighted by Gasteiger charge is 2.28. The lowest BCUT2D eigenvalue weighted by Crippen LogP contribution is -2.37. The van der Waals surface area contributed by atoms with Crippen molar-refractivity contribution in [2.75, 3.05) is 19.8 Å².